The number of benzene rings is 2. The minimum absolute atomic E-state index is 0.626. The van der Waals surface area contributed by atoms with Crippen LogP contribution in [0.25, 0.3) is 0 Å². The molecule has 0 aliphatic carbocycles. The largest absolute Gasteiger partial charge is 0.492 e. The van der Waals surface area contributed by atoms with Crippen LogP contribution in [0.2, 0.25) is 0 Å². The van der Waals surface area contributed by atoms with E-state index in [4.69, 9.17) is 14.2 Å². The first kappa shape index (κ1) is 16.1. The van der Waals surface area contributed by atoms with Crippen LogP contribution >= 0.6 is 0 Å². The SMILES string of the molecule is c1ccc(OCCN2CCN(c3cccc4c3OCCO4)CC2)cc1. The second kappa shape index (κ2) is 7.66. The summed E-state index contributed by atoms with van der Waals surface area (Å²) >= 11 is 0. The standard InChI is InChI=1S/C20H24N2O3/c1-2-5-17(6-3-1)23-14-13-21-9-11-22(12-10-21)18-7-4-8-19-20(18)25-16-15-24-19/h1-8H,9-16H2. The Morgan fingerprint density at radius 1 is 0.840 bits per heavy atom. The topological polar surface area (TPSA) is 34.2 Å². The lowest BCUT2D eigenvalue weighted by molar-refractivity contribution is 0.170. The lowest BCUT2D eigenvalue weighted by atomic mass is 10.2. The first-order valence-electron chi connectivity index (χ1n) is 8.94. The van der Waals surface area contributed by atoms with Crippen molar-refractivity contribution in [2.75, 3.05) is 57.4 Å². The molecule has 0 unspecified atom stereocenters. The van der Waals surface area contributed by atoms with E-state index in [0.717, 1.165) is 62.3 Å². The molecule has 5 nitrogen and oxygen atoms in total. The van der Waals surface area contributed by atoms with Gasteiger partial charge in [-0.05, 0) is 24.3 Å². The molecule has 0 saturated carbocycles. The van der Waals surface area contributed by atoms with E-state index >= 15 is 0 Å². The summed E-state index contributed by atoms with van der Waals surface area (Å²) in [4.78, 5) is 4.84. The van der Waals surface area contributed by atoms with Gasteiger partial charge >= 0.3 is 0 Å². The van der Waals surface area contributed by atoms with Gasteiger partial charge in [0.15, 0.2) is 11.5 Å². The predicted molar refractivity (Wildman–Crippen MR) is 98.0 cm³/mol. The molecule has 2 aromatic carbocycles. The Hall–Kier alpha value is -2.40. The number of ether oxygens (including phenoxy) is 3. The number of para-hydroxylation sites is 2. The van der Waals surface area contributed by atoms with Crippen LogP contribution in [-0.4, -0.2) is 57.4 Å². The summed E-state index contributed by atoms with van der Waals surface area (Å²) in [6, 6.07) is 16.2. The Kier molecular flexibility index (Phi) is 4.93. The molecular weight excluding hydrogens is 316 g/mol. The highest BCUT2D eigenvalue weighted by atomic mass is 16.6. The van der Waals surface area contributed by atoms with Gasteiger partial charge in [-0.2, -0.15) is 0 Å². The number of hydrogen-bond donors (Lipinski definition) is 0. The zero-order valence-corrected chi connectivity index (χ0v) is 14.4. The van der Waals surface area contributed by atoms with Gasteiger partial charge in [0.1, 0.15) is 25.6 Å². The maximum atomic E-state index is 5.85. The molecule has 2 aliphatic rings. The fourth-order valence-corrected chi connectivity index (χ4v) is 3.33. The Bertz CT molecular complexity index is 685. The van der Waals surface area contributed by atoms with Crippen LogP contribution in [-0.2, 0) is 0 Å². The van der Waals surface area contributed by atoms with Crippen molar-refractivity contribution in [3.63, 3.8) is 0 Å². The van der Waals surface area contributed by atoms with Crippen LogP contribution < -0.4 is 19.1 Å². The predicted octanol–water partition coefficient (Wildman–Crippen LogP) is 2.66. The van der Waals surface area contributed by atoms with Crippen molar-refractivity contribution in [2.24, 2.45) is 0 Å². The van der Waals surface area contributed by atoms with Gasteiger partial charge in [0.2, 0.25) is 0 Å². The summed E-state index contributed by atoms with van der Waals surface area (Å²) in [5.74, 6) is 2.70. The second-order valence-corrected chi connectivity index (χ2v) is 6.29. The first-order valence-corrected chi connectivity index (χ1v) is 8.94. The third kappa shape index (κ3) is 3.82. The van der Waals surface area contributed by atoms with Crippen molar-refractivity contribution in [1.29, 1.82) is 0 Å². The highest BCUT2D eigenvalue weighted by molar-refractivity contribution is 5.65. The highest BCUT2D eigenvalue weighted by Gasteiger charge is 2.23. The molecule has 1 saturated heterocycles. The monoisotopic (exact) mass is 340 g/mol. The summed E-state index contributed by atoms with van der Waals surface area (Å²) in [6.45, 7) is 6.98. The smallest absolute Gasteiger partial charge is 0.184 e. The third-order valence-electron chi connectivity index (χ3n) is 4.68. The molecule has 0 bridgehead atoms. The van der Waals surface area contributed by atoms with Crippen LogP contribution in [0.1, 0.15) is 0 Å². The zero-order chi connectivity index (χ0) is 16.9. The number of fused-ring (bicyclic) bond motifs is 1. The normalized spacial score (nSPS) is 17.4. The van der Waals surface area contributed by atoms with Crippen molar-refractivity contribution in [2.45, 2.75) is 0 Å². The minimum Gasteiger partial charge on any atom is -0.492 e. The maximum absolute atomic E-state index is 5.85. The van der Waals surface area contributed by atoms with E-state index in [1.165, 1.54) is 0 Å². The van der Waals surface area contributed by atoms with Crippen molar-refractivity contribution in [1.82, 2.24) is 4.90 Å². The average Bonchev–Trinajstić information content (AvgIpc) is 2.69. The molecule has 0 aromatic heterocycles. The van der Waals surface area contributed by atoms with E-state index in [1.807, 2.05) is 42.5 Å². The van der Waals surface area contributed by atoms with Crippen LogP contribution in [0.4, 0.5) is 5.69 Å². The van der Waals surface area contributed by atoms with E-state index in [0.29, 0.717) is 13.2 Å². The van der Waals surface area contributed by atoms with Gasteiger partial charge < -0.3 is 19.1 Å². The van der Waals surface area contributed by atoms with Crippen molar-refractivity contribution in [3.05, 3.63) is 48.5 Å². The van der Waals surface area contributed by atoms with Gasteiger partial charge in [-0.15, -0.1) is 0 Å². The summed E-state index contributed by atoms with van der Waals surface area (Å²) in [6.07, 6.45) is 0. The molecule has 2 heterocycles. The van der Waals surface area contributed by atoms with E-state index in [1.54, 1.807) is 0 Å². The Morgan fingerprint density at radius 2 is 1.64 bits per heavy atom. The van der Waals surface area contributed by atoms with E-state index in [-0.39, 0.29) is 0 Å². The van der Waals surface area contributed by atoms with Gasteiger partial charge in [0.25, 0.3) is 0 Å². The molecule has 1 fully saturated rings. The first-order chi connectivity index (χ1) is 12.4. The van der Waals surface area contributed by atoms with Gasteiger partial charge in [-0.25, -0.2) is 0 Å². The molecule has 0 spiro atoms. The fraction of sp³-hybridized carbons (Fsp3) is 0.400. The van der Waals surface area contributed by atoms with Gasteiger partial charge in [0.05, 0.1) is 5.69 Å². The van der Waals surface area contributed by atoms with Crippen LogP contribution in [0.5, 0.6) is 17.2 Å². The van der Waals surface area contributed by atoms with Gasteiger partial charge in [0, 0.05) is 32.7 Å². The highest BCUT2D eigenvalue weighted by Crippen LogP contribution is 2.39. The molecule has 4 rings (SSSR count). The van der Waals surface area contributed by atoms with E-state index < -0.39 is 0 Å². The summed E-state index contributed by atoms with van der Waals surface area (Å²) in [5.41, 5.74) is 1.15. The lowest BCUT2D eigenvalue weighted by Crippen LogP contribution is -2.47. The van der Waals surface area contributed by atoms with Crippen LogP contribution in [0.15, 0.2) is 48.5 Å². The molecule has 25 heavy (non-hydrogen) atoms. The molecule has 2 aliphatic heterocycles. The average molecular weight is 340 g/mol. The number of anilines is 1. The van der Waals surface area contributed by atoms with Crippen molar-refractivity contribution in [3.8, 4) is 17.2 Å². The molecule has 0 atom stereocenters. The molecule has 2 aromatic rings. The minimum atomic E-state index is 0.626. The van der Waals surface area contributed by atoms with Crippen LogP contribution in [0, 0.1) is 0 Å². The van der Waals surface area contributed by atoms with E-state index in [9.17, 15) is 0 Å². The molecule has 0 radical (unpaired) electrons. The van der Waals surface area contributed by atoms with Gasteiger partial charge in [-0.3, -0.25) is 4.90 Å². The number of hydrogen-bond acceptors (Lipinski definition) is 5. The third-order valence-corrected chi connectivity index (χ3v) is 4.68. The fourth-order valence-electron chi connectivity index (χ4n) is 3.33. The molecule has 0 N–H and O–H groups in total. The number of piperazine rings is 1. The summed E-state index contributed by atoms with van der Waals surface area (Å²) in [7, 11) is 0. The lowest BCUT2D eigenvalue weighted by Gasteiger charge is -2.37. The number of rotatable bonds is 5. The Morgan fingerprint density at radius 3 is 2.48 bits per heavy atom. The van der Waals surface area contributed by atoms with Crippen LogP contribution in [0.3, 0.4) is 0 Å². The van der Waals surface area contributed by atoms with Gasteiger partial charge in [-0.1, -0.05) is 24.3 Å². The second-order valence-electron chi connectivity index (χ2n) is 6.29. The summed E-state index contributed by atoms with van der Waals surface area (Å²) < 4.78 is 17.3. The Balaban J connectivity index is 1.29. The van der Waals surface area contributed by atoms with Crippen molar-refractivity contribution < 1.29 is 14.2 Å². The molecule has 0 amide bonds. The number of nitrogens with zero attached hydrogens (tertiary/aromatic N) is 2. The molecular formula is C20H24N2O3. The zero-order valence-electron chi connectivity index (χ0n) is 14.4. The molecule has 132 valence electrons. The molecule has 5 heteroatoms. The summed E-state index contributed by atoms with van der Waals surface area (Å²) in [5, 5.41) is 0. The van der Waals surface area contributed by atoms with E-state index in [2.05, 4.69) is 15.9 Å². The Labute approximate surface area is 148 Å². The van der Waals surface area contributed by atoms with Crippen molar-refractivity contribution >= 4 is 5.69 Å². The maximum Gasteiger partial charge on any atom is 0.184 e. The quantitative estimate of drug-likeness (QED) is 0.836.